The van der Waals surface area contributed by atoms with Gasteiger partial charge in [0.2, 0.25) is 0 Å². The maximum atomic E-state index is 11.1. The van der Waals surface area contributed by atoms with Gasteiger partial charge in [-0.05, 0) is 17.7 Å². The van der Waals surface area contributed by atoms with E-state index in [2.05, 4.69) is 0 Å². The lowest BCUT2D eigenvalue weighted by Gasteiger charge is -2.14. The predicted molar refractivity (Wildman–Crippen MR) is 74.7 cm³/mol. The third-order valence-electron chi connectivity index (χ3n) is 2.60. The number of benzene rings is 2. The van der Waals surface area contributed by atoms with E-state index in [0.29, 0.717) is 10.8 Å². The molecule has 0 spiro atoms. The Balaban J connectivity index is 2.60. The largest absolute Gasteiger partial charge is 0.492 e. The van der Waals surface area contributed by atoms with Crippen LogP contribution in [-0.2, 0) is 4.79 Å². The van der Waals surface area contributed by atoms with E-state index in [1.54, 1.807) is 6.07 Å². The van der Waals surface area contributed by atoms with E-state index in [0.717, 1.165) is 11.1 Å². The normalized spacial score (nSPS) is 10.1. The fourth-order valence-corrected chi connectivity index (χ4v) is 2.01. The topological polar surface area (TPSA) is 35.5 Å². The molecule has 0 N–H and O–H groups in total. The van der Waals surface area contributed by atoms with Crippen LogP contribution in [0.25, 0.3) is 11.1 Å². The Morgan fingerprint density at radius 2 is 1.74 bits per heavy atom. The Morgan fingerprint density at radius 3 is 2.32 bits per heavy atom. The zero-order chi connectivity index (χ0) is 13.8. The first kappa shape index (κ1) is 13.4. The zero-order valence-electron chi connectivity index (χ0n) is 10.6. The number of ether oxygens (including phenoxy) is 2. The van der Waals surface area contributed by atoms with Crippen molar-refractivity contribution in [1.82, 2.24) is 0 Å². The second kappa shape index (κ2) is 5.76. The van der Waals surface area contributed by atoms with Gasteiger partial charge in [0.05, 0.1) is 12.1 Å². The van der Waals surface area contributed by atoms with E-state index in [4.69, 9.17) is 21.1 Å². The van der Waals surface area contributed by atoms with E-state index >= 15 is 0 Å². The number of carbonyl (C=O) groups excluding carboxylic acids is 1. The molecule has 98 valence electrons. The molecule has 0 unspecified atom stereocenters. The van der Waals surface area contributed by atoms with Gasteiger partial charge >= 0.3 is 5.97 Å². The Bertz CT molecular complexity index is 594. The molecule has 2 rings (SSSR count). The third-order valence-corrected chi connectivity index (χ3v) is 2.90. The van der Waals surface area contributed by atoms with Gasteiger partial charge in [0.25, 0.3) is 0 Å². The molecule has 0 bridgehead atoms. The summed E-state index contributed by atoms with van der Waals surface area (Å²) < 4.78 is 10.5. The standard InChI is InChI=1S/C15H13ClO3/c1-10(17)19-15-13(16)9-8-12(14(15)18-2)11-6-4-3-5-7-11/h3-9H,1-2H3. The molecular formula is C15H13ClO3. The molecule has 0 aliphatic heterocycles. The second-order valence-electron chi connectivity index (χ2n) is 3.92. The minimum atomic E-state index is -0.439. The van der Waals surface area contributed by atoms with Crippen LogP contribution < -0.4 is 9.47 Å². The molecule has 0 saturated heterocycles. The van der Waals surface area contributed by atoms with Crippen LogP contribution in [0.5, 0.6) is 11.5 Å². The monoisotopic (exact) mass is 276 g/mol. The Labute approximate surface area is 116 Å². The van der Waals surface area contributed by atoms with Crippen molar-refractivity contribution in [2.45, 2.75) is 6.92 Å². The van der Waals surface area contributed by atoms with E-state index in [-0.39, 0.29) is 5.75 Å². The summed E-state index contributed by atoms with van der Waals surface area (Å²) >= 11 is 6.05. The van der Waals surface area contributed by atoms with Gasteiger partial charge in [0.15, 0.2) is 11.5 Å². The van der Waals surface area contributed by atoms with Gasteiger partial charge in [0, 0.05) is 12.5 Å². The zero-order valence-corrected chi connectivity index (χ0v) is 11.4. The number of methoxy groups -OCH3 is 1. The predicted octanol–water partition coefficient (Wildman–Crippen LogP) is 3.94. The van der Waals surface area contributed by atoms with Crippen LogP contribution in [0.2, 0.25) is 5.02 Å². The Kier molecular flexibility index (Phi) is 4.07. The van der Waals surface area contributed by atoms with Gasteiger partial charge in [-0.2, -0.15) is 0 Å². The quantitative estimate of drug-likeness (QED) is 0.629. The molecule has 2 aromatic rings. The fourth-order valence-electron chi connectivity index (χ4n) is 1.83. The summed E-state index contributed by atoms with van der Waals surface area (Å²) in [6, 6.07) is 13.2. The van der Waals surface area contributed by atoms with Crippen molar-refractivity contribution < 1.29 is 14.3 Å². The minimum absolute atomic E-state index is 0.248. The van der Waals surface area contributed by atoms with E-state index in [1.165, 1.54) is 14.0 Å². The highest BCUT2D eigenvalue weighted by Gasteiger charge is 2.17. The average molecular weight is 277 g/mol. The van der Waals surface area contributed by atoms with Crippen LogP contribution >= 0.6 is 11.6 Å². The van der Waals surface area contributed by atoms with Crippen molar-refractivity contribution in [3.8, 4) is 22.6 Å². The van der Waals surface area contributed by atoms with Crippen molar-refractivity contribution in [2.75, 3.05) is 7.11 Å². The first-order chi connectivity index (χ1) is 9.13. The van der Waals surface area contributed by atoms with Crippen molar-refractivity contribution in [1.29, 1.82) is 0 Å². The minimum Gasteiger partial charge on any atom is -0.492 e. The highest BCUT2D eigenvalue weighted by Crippen LogP contribution is 2.42. The molecule has 19 heavy (non-hydrogen) atoms. The van der Waals surface area contributed by atoms with Crippen LogP contribution in [0.3, 0.4) is 0 Å². The highest BCUT2D eigenvalue weighted by molar-refractivity contribution is 6.32. The first-order valence-corrected chi connectivity index (χ1v) is 6.11. The molecule has 4 heteroatoms. The van der Waals surface area contributed by atoms with Crippen LogP contribution in [0.4, 0.5) is 0 Å². The number of esters is 1. The molecular weight excluding hydrogens is 264 g/mol. The summed E-state index contributed by atoms with van der Waals surface area (Å²) in [6.07, 6.45) is 0. The molecule has 0 saturated carbocycles. The number of hydrogen-bond acceptors (Lipinski definition) is 3. The van der Waals surface area contributed by atoms with Gasteiger partial charge in [-0.3, -0.25) is 4.79 Å². The average Bonchev–Trinajstić information content (AvgIpc) is 2.41. The number of hydrogen-bond donors (Lipinski definition) is 0. The maximum absolute atomic E-state index is 11.1. The van der Waals surface area contributed by atoms with Gasteiger partial charge in [-0.1, -0.05) is 41.9 Å². The molecule has 0 aromatic heterocycles. The van der Waals surface area contributed by atoms with Crippen LogP contribution in [-0.4, -0.2) is 13.1 Å². The van der Waals surface area contributed by atoms with E-state index < -0.39 is 5.97 Å². The van der Waals surface area contributed by atoms with Crippen molar-refractivity contribution in [3.05, 3.63) is 47.5 Å². The Hall–Kier alpha value is -2.00. The maximum Gasteiger partial charge on any atom is 0.308 e. The van der Waals surface area contributed by atoms with Crippen LogP contribution in [0.15, 0.2) is 42.5 Å². The van der Waals surface area contributed by atoms with E-state index in [9.17, 15) is 4.79 Å². The molecule has 0 fully saturated rings. The van der Waals surface area contributed by atoms with Gasteiger partial charge in [0.1, 0.15) is 0 Å². The lowest BCUT2D eigenvalue weighted by Crippen LogP contribution is -2.04. The van der Waals surface area contributed by atoms with Crippen molar-refractivity contribution in [2.24, 2.45) is 0 Å². The highest BCUT2D eigenvalue weighted by atomic mass is 35.5. The molecule has 0 amide bonds. The molecule has 0 aliphatic rings. The van der Waals surface area contributed by atoms with Crippen molar-refractivity contribution >= 4 is 17.6 Å². The van der Waals surface area contributed by atoms with Crippen molar-refractivity contribution in [3.63, 3.8) is 0 Å². The van der Waals surface area contributed by atoms with Gasteiger partial charge < -0.3 is 9.47 Å². The molecule has 0 heterocycles. The molecule has 2 aromatic carbocycles. The summed E-state index contributed by atoms with van der Waals surface area (Å²) in [6.45, 7) is 1.32. The fraction of sp³-hybridized carbons (Fsp3) is 0.133. The second-order valence-corrected chi connectivity index (χ2v) is 4.32. The molecule has 0 aliphatic carbocycles. The molecule has 3 nitrogen and oxygen atoms in total. The smallest absolute Gasteiger partial charge is 0.308 e. The van der Waals surface area contributed by atoms with Crippen LogP contribution in [0.1, 0.15) is 6.92 Å². The van der Waals surface area contributed by atoms with E-state index in [1.807, 2.05) is 36.4 Å². The summed E-state index contributed by atoms with van der Waals surface area (Å²) in [5.41, 5.74) is 1.79. The summed E-state index contributed by atoms with van der Waals surface area (Å²) in [4.78, 5) is 11.1. The lowest BCUT2D eigenvalue weighted by molar-refractivity contribution is -0.131. The SMILES string of the molecule is COc1c(-c2ccccc2)ccc(Cl)c1OC(C)=O. The van der Waals surface area contributed by atoms with Gasteiger partial charge in [-0.15, -0.1) is 0 Å². The molecule has 0 radical (unpaired) electrons. The summed E-state index contributed by atoms with van der Waals surface area (Å²) in [7, 11) is 1.52. The van der Waals surface area contributed by atoms with Gasteiger partial charge in [-0.25, -0.2) is 0 Å². The Morgan fingerprint density at radius 1 is 1.05 bits per heavy atom. The lowest BCUT2D eigenvalue weighted by atomic mass is 10.0. The first-order valence-electron chi connectivity index (χ1n) is 5.74. The van der Waals surface area contributed by atoms with Crippen LogP contribution in [0, 0.1) is 0 Å². The number of carbonyl (C=O) groups is 1. The third kappa shape index (κ3) is 2.88. The number of rotatable bonds is 3. The number of halogens is 1. The summed E-state index contributed by atoms with van der Waals surface area (Å²) in [5.74, 6) is 0.261. The summed E-state index contributed by atoms with van der Waals surface area (Å²) in [5, 5.41) is 0.340. The molecule has 0 atom stereocenters.